The number of likely N-dealkylation sites (tertiary alicyclic amines) is 1. The molecule has 1 heterocycles. The van der Waals surface area contributed by atoms with Crippen LogP contribution in [-0.2, 0) is 14.4 Å². The number of rotatable bonds is 3. The summed E-state index contributed by atoms with van der Waals surface area (Å²) < 4.78 is 5.55. The van der Waals surface area contributed by atoms with Crippen LogP contribution in [0.2, 0.25) is 5.02 Å². The summed E-state index contributed by atoms with van der Waals surface area (Å²) in [5, 5.41) is 0.584. The second-order valence-electron chi connectivity index (χ2n) is 10.7. The zero-order valence-corrected chi connectivity index (χ0v) is 20.9. The highest BCUT2D eigenvalue weighted by molar-refractivity contribution is 6.30. The summed E-state index contributed by atoms with van der Waals surface area (Å²) in [5.41, 5.74) is 4.74. The van der Waals surface area contributed by atoms with Crippen molar-refractivity contribution in [3.8, 4) is 5.75 Å². The Labute approximate surface area is 220 Å². The number of carbonyl (C=O) groups excluding carboxylic acids is 3. The molecule has 3 aromatic rings. The van der Waals surface area contributed by atoms with Crippen LogP contribution in [0.5, 0.6) is 5.75 Å². The maximum absolute atomic E-state index is 13.9. The number of esters is 1. The molecule has 0 aromatic heterocycles. The van der Waals surface area contributed by atoms with E-state index in [1.54, 1.807) is 29.2 Å². The summed E-state index contributed by atoms with van der Waals surface area (Å²) in [6.07, 6.45) is 2.42. The minimum absolute atomic E-state index is 0.0406. The molecule has 2 fully saturated rings. The number of hydrogen-bond acceptors (Lipinski definition) is 4. The zero-order chi connectivity index (χ0) is 25.3. The van der Waals surface area contributed by atoms with Gasteiger partial charge in [-0.05, 0) is 72.2 Å². The number of nitrogens with zero attached hydrogens (tertiary/aromatic N) is 1. The number of ether oxygens (including phenoxy) is 1. The lowest BCUT2D eigenvalue weighted by Crippen LogP contribution is -2.44. The number of amides is 2. The van der Waals surface area contributed by atoms with Crippen LogP contribution in [0, 0.1) is 17.8 Å². The van der Waals surface area contributed by atoms with Gasteiger partial charge in [-0.3, -0.25) is 19.3 Å². The van der Waals surface area contributed by atoms with Crippen molar-refractivity contribution in [3.63, 3.8) is 0 Å². The summed E-state index contributed by atoms with van der Waals surface area (Å²) in [5.74, 6) is -1.000. The van der Waals surface area contributed by atoms with Crippen LogP contribution in [0.25, 0.3) is 0 Å². The van der Waals surface area contributed by atoms with Crippen molar-refractivity contribution in [1.82, 2.24) is 4.90 Å². The van der Waals surface area contributed by atoms with E-state index in [0.29, 0.717) is 36.5 Å². The molecule has 1 aliphatic heterocycles. The minimum atomic E-state index is -0.352. The number of hydrogen-bond donors (Lipinski definition) is 0. The molecule has 37 heavy (non-hydrogen) atoms. The second-order valence-corrected chi connectivity index (χ2v) is 11.1. The van der Waals surface area contributed by atoms with Crippen LogP contribution in [-0.4, -0.2) is 28.7 Å². The van der Waals surface area contributed by atoms with Crippen molar-refractivity contribution in [3.05, 3.63) is 100 Å². The predicted molar refractivity (Wildman–Crippen MR) is 138 cm³/mol. The third kappa shape index (κ3) is 3.40. The molecule has 6 heteroatoms. The van der Waals surface area contributed by atoms with E-state index in [0.717, 1.165) is 0 Å². The van der Waals surface area contributed by atoms with E-state index in [2.05, 4.69) is 24.3 Å². The van der Waals surface area contributed by atoms with Gasteiger partial charge in [0.2, 0.25) is 11.8 Å². The van der Waals surface area contributed by atoms with E-state index in [1.807, 2.05) is 24.3 Å². The van der Waals surface area contributed by atoms with Gasteiger partial charge in [0.05, 0.1) is 17.8 Å². The van der Waals surface area contributed by atoms with Crippen LogP contribution in [0.1, 0.15) is 59.8 Å². The summed E-state index contributed by atoms with van der Waals surface area (Å²) >= 11 is 5.92. The number of carbonyl (C=O) groups is 3. The molecule has 5 nitrogen and oxygen atoms in total. The number of halogens is 1. The average Bonchev–Trinajstić information content (AvgIpc) is 3.20. The quantitative estimate of drug-likeness (QED) is 0.257. The Morgan fingerprint density at radius 3 is 1.62 bits per heavy atom. The molecule has 2 atom stereocenters. The van der Waals surface area contributed by atoms with Gasteiger partial charge in [0.15, 0.2) is 0 Å². The van der Waals surface area contributed by atoms with Crippen molar-refractivity contribution in [2.75, 3.05) is 0 Å². The summed E-state index contributed by atoms with van der Waals surface area (Å²) in [6.45, 7) is 0. The molecule has 2 bridgehead atoms. The van der Waals surface area contributed by atoms with Gasteiger partial charge in [-0.15, -0.1) is 0 Å². The van der Waals surface area contributed by atoms with Gasteiger partial charge in [-0.25, -0.2) is 0 Å². The van der Waals surface area contributed by atoms with Gasteiger partial charge in [0.1, 0.15) is 5.75 Å². The van der Waals surface area contributed by atoms with Gasteiger partial charge in [0.25, 0.3) is 0 Å². The largest absolute Gasteiger partial charge is 0.426 e. The van der Waals surface area contributed by atoms with Gasteiger partial charge < -0.3 is 4.74 Å². The van der Waals surface area contributed by atoms with Crippen molar-refractivity contribution < 1.29 is 19.1 Å². The van der Waals surface area contributed by atoms with Gasteiger partial charge in [-0.2, -0.15) is 0 Å². The molecule has 0 unspecified atom stereocenters. The van der Waals surface area contributed by atoms with E-state index >= 15 is 0 Å². The Balaban J connectivity index is 1.12. The Bertz CT molecular complexity index is 1310. The smallest absolute Gasteiger partial charge is 0.314 e. The molecule has 186 valence electrons. The highest BCUT2D eigenvalue weighted by atomic mass is 35.5. The van der Waals surface area contributed by atoms with Crippen LogP contribution in [0.4, 0.5) is 0 Å². The van der Waals surface area contributed by atoms with E-state index in [1.165, 1.54) is 22.3 Å². The topological polar surface area (TPSA) is 63.7 Å². The molecule has 5 aliphatic rings. The molecule has 1 saturated carbocycles. The van der Waals surface area contributed by atoms with Crippen molar-refractivity contribution >= 4 is 29.4 Å². The standard InChI is InChI=1S/C31H26ClNO4/c32-18-11-15-20(16-12-18)37-31(36)17-9-13-19(14-10-17)33-29(34)27-25-21-5-1-2-6-22(21)26(28(27)30(33)35)24-8-4-3-7-23(24)25/h1-8,11-12,15-17,19,25-28H,9-10,13-14H2/t17?,19?,25?,26?,27-,28-/m0/s1. The first-order valence-corrected chi connectivity index (χ1v) is 13.4. The SMILES string of the molecule is O=C(Oc1ccc(Cl)cc1)C1CCC(N2C(=O)[C@H]3C4c5ccccc5C(c5ccccc54)[C@@H]3C2=O)CC1. The maximum atomic E-state index is 13.9. The summed E-state index contributed by atoms with van der Waals surface area (Å²) in [7, 11) is 0. The Morgan fingerprint density at radius 2 is 1.16 bits per heavy atom. The lowest BCUT2D eigenvalue weighted by Gasteiger charge is -2.45. The van der Waals surface area contributed by atoms with E-state index < -0.39 is 0 Å². The first kappa shape index (κ1) is 22.7. The number of benzene rings is 3. The highest BCUT2D eigenvalue weighted by Gasteiger charge is 2.62. The third-order valence-electron chi connectivity index (χ3n) is 8.91. The second kappa shape index (κ2) is 8.56. The fraction of sp³-hybridized carbons (Fsp3) is 0.323. The molecule has 1 saturated heterocycles. The summed E-state index contributed by atoms with van der Waals surface area (Å²) in [4.78, 5) is 42.2. The lowest BCUT2D eigenvalue weighted by atomic mass is 9.55. The minimum Gasteiger partial charge on any atom is -0.426 e. The van der Waals surface area contributed by atoms with Crippen molar-refractivity contribution in [2.24, 2.45) is 17.8 Å². The molecule has 0 N–H and O–H groups in total. The van der Waals surface area contributed by atoms with Crippen LogP contribution in [0.3, 0.4) is 0 Å². The Kier molecular flexibility index (Phi) is 5.26. The van der Waals surface area contributed by atoms with Gasteiger partial charge >= 0.3 is 5.97 Å². The predicted octanol–water partition coefficient (Wildman–Crippen LogP) is 5.70. The summed E-state index contributed by atoms with van der Waals surface area (Å²) in [6, 6.07) is 23.2. The average molecular weight is 512 g/mol. The molecule has 0 spiro atoms. The first-order valence-electron chi connectivity index (χ1n) is 13.0. The molecular formula is C31H26ClNO4. The lowest BCUT2D eigenvalue weighted by molar-refractivity contribution is -0.144. The van der Waals surface area contributed by atoms with Crippen LogP contribution < -0.4 is 4.74 Å². The monoisotopic (exact) mass is 511 g/mol. The zero-order valence-electron chi connectivity index (χ0n) is 20.2. The normalized spacial score (nSPS) is 29.5. The van der Waals surface area contributed by atoms with E-state index in [-0.39, 0.29) is 53.4 Å². The highest BCUT2D eigenvalue weighted by Crippen LogP contribution is 2.61. The molecular weight excluding hydrogens is 486 g/mol. The van der Waals surface area contributed by atoms with Crippen molar-refractivity contribution in [2.45, 2.75) is 43.6 Å². The first-order chi connectivity index (χ1) is 18.0. The Hall–Kier alpha value is -3.44. The Morgan fingerprint density at radius 1 is 0.703 bits per heavy atom. The third-order valence-corrected chi connectivity index (χ3v) is 9.16. The molecule has 3 aromatic carbocycles. The molecule has 8 rings (SSSR count). The molecule has 0 radical (unpaired) electrons. The van der Waals surface area contributed by atoms with E-state index in [4.69, 9.17) is 16.3 Å². The van der Waals surface area contributed by atoms with E-state index in [9.17, 15) is 14.4 Å². The molecule has 4 aliphatic carbocycles. The van der Waals surface area contributed by atoms with Gasteiger partial charge in [0, 0.05) is 22.9 Å². The van der Waals surface area contributed by atoms with Gasteiger partial charge in [-0.1, -0.05) is 60.1 Å². The number of imide groups is 1. The van der Waals surface area contributed by atoms with Crippen molar-refractivity contribution in [1.29, 1.82) is 0 Å². The fourth-order valence-electron chi connectivity index (χ4n) is 7.33. The molecule has 2 amide bonds. The fourth-order valence-corrected chi connectivity index (χ4v) is 7.46. The van der Waals surface area contributed by atoms with Crippen LogP contribution in [0.15, 0.2) is 72.8 Å². The van der Waals surface area contributed by atoms with Crippen LogP contribution >= 0.6 is 11.6 Å². The maximum Gasteiger partial charge on any atom is 0.314 e.